The van der Waals surface area contributed by atoms with Gasteiger partial charge in [0.05, 0.1) is 17.7 Å². The lowest BCUT2D eigenvalue weighted by Gasteiger charge is -2.24. The van der Waals surface area contributed by atoms with E-state index in [-0.39, 0.29) is 18.0 Å². The number of nitrogens with one attached hydrogen (secondary N) is 1. The van der Waals surface area contributed by atoms with Gasteiger partial charge in [-0.2, -0.15) is 0 Å². The average Bonchev–Trinajstić information content (AvgIpc) is 2.82. The fourth-order valence-electron chi connectivity index (χ4n) is 3.18. The minimum atomic E-state index is -3.92. The van der Waals surface area contributed by atoms with Crippen molar-refractivity contribution in [1.82, 2.24) is 5.32 Å². The summed E-state index contributed by atoms with van der Waals surface area (Å²) in [6.45, 7) is 3.89. The molecule has 0 bridgehead atoms. The Balaban J connectivity index is 1.82. The van der Waals surface area contributed by atoms with Crippen LogP contribution in [0.5, 0.6) is 5.75 Å². The first-order valence-corrected chi connectivity index (χ1v) is 11.9. The summed E-state index contributed by atoms with van der Waals surface area (Å²) >= 11 is 0. The van der Waals surface area contributed by atoms with Crippen LogP contribution < -0.4 is 14.4 Å². The summed E-state index contributed by atoms with van der Waals surface area (Å²) in [7, 11) is -2.33. The van der Waals surface area contributed by atoms with E-state index in [2.05, 4.69) is 5.32 Å². The van der Waals surface area contributed by atoms with Gasteiger partial charge in [-0.05, 0) is 60.9 Å². The fourth-order valence-corrected chi connectivity index (χ4v) is 4.60. The van der Waals surface area contributed by atoms with Crippen LogP contribution >= 0.6 is 0 Å². The van der Waals surface area contributed by atoms with Gasteiger partial charge < -0.3 is 10.1 Å². The Morgan fingerprint density at radius 1 is 0.906 bits per heavy atom. The van der Waals surface area contributed by atoms with Crippen molar-refractivity contribution < 1.29 is 17.9 Å². The smallest absolute Gasteiger partial charge is 0.264 e. The zero-order valence-corrected chi connectivity index (χ0v) is 19.4. The number of anilines is 1. The van der Waals surface area contributed by atoms with E-state index in [0.717, 1.165) is 33.2 Å². The molecular formula is C25H28N2O4S. The molecule has 0 fully saturated rings. The lowest BCUT2D eigenvalue weighted by Crippen LogP contribution is -2.40. The molecule has 1 N–H and O–H groups in total. The number of carbonyl (C=O) groups is 1. The Labute approximate surface area is 189 Å². The zero-order valence-electron chi connectivity index (χ0n) is 18.5. The molecule has 0 heterocycles. The first-order chi connectivity index (χ1) is 15.3. The second-order valence-electron chi connectivity index (χ2n) is 7.47. The average molecular weight is 453 g/mol. The SMILES string of the molecule is CCc1ccc(N(CC(=O)NCc2ccc(OC)cc2)S(=O)(=O)c2ccc(C)cc2)cc1. The van der Waals surface area contributed by atoms with Gasteiger partial charge in [0.2, 0.25) is 5.91 Å². The number of aryl methyl sites for hydroxylation is 2. The quantitative estimate of drug-likeness (QED) is 0.531. The lowest BCUT2D eigenvalue weighted by atomic mass is 10.1. The molecule has 0 aromatic heterocycles. The fraction of sp³-hybridized carbons (Fsp3) is 0.240. The van der Waals surface area contributed by atoms with E-state index in [1.54, 1.807) is 43.5 Å². The van der Waals surface area contributed by atoms with Crippen molar-refractivity contribution in [3.05, 3.63) is 89.5 Å². The predicted molar refractivity (Wildman–Crippen MR) is 126 cm³/mol. The standard InChI is InChI=1S/C25H28N2O4S/c1-4-20-7-11-22(12-8-20)27(32(29,30)24-15-5-19(2)6-16-24)18-25(28)26-17-21-9-13-23(31-3)14-10-21/h5-16H,4,17-18H2,1-3H3,(H,26,28). The molecule has 6 nitrogen and oxygen atoms in total. The van der Waals surface area contributed by atoms with E-state index in [1.807, 2.05) is 50.2 Å². The second kappa shape index (κ2) is 10.3. The molecule has 0 atom stereocenters. The van der Waals surface area contributed by atoms with Gasteiger partial charge in [0.1, 0.15) is 12.3 Å². The van der Waals surface area contributed by atoms with Gasteiger partial charge in [-0.1, -0.05) is 48.9 Å². The number of carbonyl (C=O) groups excluding carboxylic acids is 1. The van der Waals surface area contributed by atoms with Crippen molar-refractivity contribution in [2.75, 3.05) is 18.0 Å². The van der Waals surface area contributed by atoms with Crippen molar-refractivity contribution in [2.24, 2.45) is 0 Å². The Bertz CT molecular complexity index is 1140. The van der Waals surface area contributed by atoms with Crippen LogP contribution in [0.2, 0.25) is 0 Å². The highest BCUT2D eigenvalue weighted by molar-refractivity contribution is 7.92. The maximum atomic E-state index is 13.4. The molecule has 0 unspecified atom stereocenters. The minimum Gasteiger partial charge on any atom is -0.497 e. The Hall–Kier alpha value is -3.32. The summed E-state index contributed by atoms with van der Waals surface area (Å²) in [5.41, 5.74) is 3.38. The van der Waals surface area contributed by atoms with Gasteiger partial charge in [0.15, 0.2) is 0 Å². The number of rotatable bonds is 9. The van der Waals surface area contributed by atoms with Gasteiger partial charge in [0, 0.05) is 6.54 Å². The van der Waals surface area contributed by atoms with Gasteiger partial charge in [-0.15, -0.1) is 0 Å². The van der Waals surface area contributed by atoms with Crippen LogP contribution in [-0.4, -0.2) is 28.0 Å². The molecule has 3 aromatic rings. The summed E-state index contributed by atoms with van der Waals surface area (Å²) in [5.74, 6) is 0.335. The van der Waals surface area contributed by atoms with E-state index in [1.165, 1.54) is 0 Å². The summed E-state index contributed by atoms with van der Waals surface area (Å²) in [5, 5.41) is 2.81. The highest BCUT2D eigenvalue weighted by atomic mass is 32.2. The third-order valence-electron chi connectivity index (χ3n) is 5.18. The maximum Gasteiger partial charge on any atom is 0.264 e. The second-order valence-corrected chi connectivity index (χ2v) is 9.33. The number of methoxy groups -OCH3 is 1. The van der Waals surface area contributed by atoms with E-state index in [0.29, 0.717) is 5.69 Å². The zero-order chi connectivity index (χ0) is 23.1. The largest absolute Gasteiger partial charge is 0.497 e. The summed E-state index contributed by atoms with van der Waals surface area (Å²) < 4.78 is 33.1. The van der Waals surface area contributed by atoms with Gasteiger partial charge in [-0.3, -0.25) is 9.10 Å². The van der Waals surface area contributed by atoms with Crippen LogP contribution in [0.3, 0.4) is 0 Å². The number of hydrogen-bond acceptors (Lipinski definition) is 4. The van der Waals surface area contributed by atoms with Crippen LogP contribution in [0.25, 0.3) is 0 Å². The number of hydrogen-bond donors (Lipinski definition) is 1. The van der Waals surface area contributed by atoms with Crippen LogP contribution in [0.15, 0.2) is 77.7 Å². The molecule has 0 aliphatic carbocycles. The van der Waals surface area contributed by atoms with E-state index >= 15 is 0 Å². The Kier molecular flexibility index (Phi) is 7.53. The monoisotopic (exact) mass is 452 g/mol. The summed E-state index contributed by atoms with van der Waals surface area (Å²) in [6, 6.07) is 21.2. The molecule has 1 amide bonds. The Morgan fingerprint density at radius 3 is 2.06 bits per heavy atom. The molecule has 3 rings (SSSR count). The highest BCUT2D eigenvalue weighted by Gasteiger charge is 2.27. The number of ether oxygens (including phenoxy) is 1. The van der Waals surface area contributed by atoms with Crippen molar-refractivity contribution in [3.8, 4) is 5.75 Å². The topological polar surface area (TPSA) is 75.7 Å². The molecule has 7 heteroatoms. The van der Waals surface area contributed by atoms with E-state index in [4.69, 9.17) is 4.74 Å². The molecule has 0 aliphatic rings. The van der Waals surface area contributed by atoms with Crippen LogP contribution in [0.1, 0.15) is 23.6 Å². The molecule has 0 saturated carbocycles. The van der Waals surface area contributed by atoms with Crippen molar-refractivity contribution in [2.45, 2.75) is 31.7 Å². The normalized spacial score (nSPS) is 11.1. The molecule has 168 valence electrons. The van der Waals surface area contributed by atoms with Gasteiger partial charge in [0.25, 0.3) is 10.0 Å². The molecule has 0 aliphatic heterocycles. The van der Waals surface area contributed by atoms with Crippen molar-refractivity contribution in [3.63, 3.8) is 0 Å². The minimum absolute atomic E-state index is 0.144. The van der Waals surface area contributed by atoms with Gasteiger partial charge >= 0.3 is 0 Å². The summed E-state index contributed by atoms with van der Waals surface area (Å²) in [6.07, 6.45) is 0.841. The number of sulfonamides is 1. The molecule has 3 aromatic carbocycles. The predicted octanol–water partition coefficient (Wildman–Crippen LogP) is 4.08. The van der Waals surface area contributed by atoms with Crippen LogP contribution in [-0.2, 0) is 27.8 Å². The number of benzene rings is 3. The van der Waals surface area contributed by atoms with Crippen LogP contribution in [0, 0.1) is 6.92 Å². The molecule has 32 heavy (non-hydrogen) atoms. The van der Waals surface area contributed by atoms with E-state index in [9.17, 15) is 13.2 Å². The van der Waals surface area contributed by atoms with Crippen molar-refractivity contribution in [1.29, 1.82) is 0 Å². The van der Waals surface area contributed by atoms with Gasteiger partial charge in [-0.25, -0.2) is 8.42 Å². The molecule has 0 saturated heterocycles. The molecule has 0 radical (unpaired) electrons. The molecule has 0 spiro atoms. The first-order valence-electron chi connectivity index (χ1n) is 10.4. The third-order valence-corrected chi connectivity index (χ3v) is 6.97. The lowest BCUT2D eigenvalue weighted by molar-refractivity contribution is -0.119. The van der Waals surface area contributed by atoms with Crippen LogP contribution in [0.4, 0.5) is 5.69 Å². The number of amides is 1. The summed E-state index contributed by atoms with van der Waals surface area (Å²) in [4.78, 5) is 12.9. The Morgan fingerprint density at radius 2 is 1.50 bits per heavy atom. The third kappa shape index (κ3) is 5.68. The number of nitrogens with zero attached hydrogens (tertiary/aromatic N) is 1. The first kappa shape index (κ1) is 23.3. The maximum absolute atomic E-state index is 13.4. The highest BCUT2D eigenvalue weighted by Crippen LogP contribution is 2.24. The van der Waals surface area contributed by atoms with E-state index < -0.39 is 15.9 Å². The van der Waals surface area contributed by atoms with Crippen molar-refractivity contribution >= 4 is 21.6 Å². The molecular weight excluding hydrogens is 424 g/mol.